The van der Waals surface area contributed by atoms with Crippen LogP contribution in [0.25, 0.3) is 0 Å². The lowest BCUT2D eigenvalue weighted by Crippen LogP contribution is -2.19. The molecule has 0 amide bonds. The average Bonchev–Trinajstić information content (AvgIpc) is 2.88. The summed E-state index contributed by atoms with van der Waals surface area (Å²) in [6, 6.07) is 5.16. The van der Waals surface area contributed by atoms with Gasteiger partial charge in [0.2, 0.25) is 5.88 Å². The third-order valence-corrected chi connectivity index (χ3v) is 3.29. The van der Waals surface area contributed by atoms with Gasteiger partial charge < -0.3 is 9.47 Å². The fourth-order valence-corrected chi connectivity index (χ4v) is 2.41. The van der Waals surface area contributed by atoms with Gasteiger partial charge in [0.05, 0.1) is 0 Å². The number of fused-ring (bicyclic) bond motifs is 1. The van der Waals surface area contributed by atoms with Crippen LogP contribution in [0.1, 0.15) is 19.3 Å². The number of hydrogen-bond acceptors (Lipinski definition) is 4. The maximum Gasteiger partial charge on any atom is 0.515 e. The number of ether oxygens (including phenoxy) is 2. The molecule has 0 radical (unpaired) electrons. The van der Waals surface area contributed by atoms with E-state index in [9.17, 15) is 4.79 Å². The van der Waals surface area contributed by atoms with Crippen molar-refractivity contribution in [3.8, 4) is 5.88 Å². The van der Waals surface area contributed by atoms with Crippen molar-refractivity contribution < 1.29 is 14.3 Å². The van der Waals surface area contributed by atoms with Crippen LogP contribution in [0.4, 0.5) is 4.79 Å². The van der Waals surface area contributed by atoms with Gasteiger partial charge >= 0.3 is 6.16 Å². The summed E-state index contributed by atoms with van der Waals surface area (Å²) in [6.45, 7) is 0. The van der Waals surface area contributed by atoms with E-state index in [1.54, 1.807) is 24.4 Å². The molecule has 1 aromatic rings. The van der Waals surface area contributed by atoms with Gasteiger partial charge in [0.1, 0.15) is 6.10 Å². The Balaban J connectivity index is 1.50. The van der Waals surface area contributed by atoms with Crippen molar-refractivity contribution in [3.63, 3.8) is 0 Å². The summed E-state index contributed by atoms with van der Waals surface area (Å²) in [5.41, 5.74) is 0. The lowest BCUT2D eigenvalue weighted by molar-refractivity contribution is 0.0550. The van der Waals surface area contributed by atoms with Crippen LogP contribution in [0.15, 0.2) is 24.4 Å². The zero-order chi connectivity index (χ0) is 11.0. The summed E-state index contributed by atoms with van der Waals surface area (Å²) in [5, 5.41) is 0. The predicted molar refractivity (Wildman–Crippen MR) is 56.0 cm³/mol. The van der Waals surface area contributed by atoms with Crippen molar-refractivity contribution >= 4 is 6.16 Å². The Morgan fingerprint density at radius 1 is 1.25 bits per heavy atom. The molecule has 0 saturated heterocycles. The normalized spacial score (nSPS) is 30.6. The molecule has 1 heterocycles. The van der Waals surface area contributed by atoms with Crippen LogP contribution >= 0.6 is 0 Å². The number of carbonyl (C=O) groups is 1. The Morgan fingerprint density at radius 2 is 2.06 bits per heavy atom. The van der Waals surface area contributed by atoms with E-state index in [4.69, 9.17) is 9.47 Å². The number of aromatic nitrogens is 1. The van der Waals surface area contributed by atoms with Crippen LogP contribution in [0, 0.1) is 11.8 Å². The summed E-state index contributed by atoms with van der Waals surface area (Å²) in [6.07, 6.45) is 4.32. The van der Waals surface area contributed by atoms with Crippen molar-refractivity contribution in [1.29, 1.82) is 0 Å². The molecule has 0 aliphatic heterocycles. The molecular weight excluding hydrogens is 206 g/mol. The Hall–Kier alpha value is -1.58. The van der Waals surface area contributed by atoms with Crippen molar-refractivity contribution in [2.45, 2.75) is 25.4 Å². The first-order valence-corrected chi connectivity index (χ1v) is 5.61. The van der Waals surface area contributed by atoms with Gasteiger partial charge in [-0.2, -0.15) is 0 Å². The average molecular weight is 219 g/mol. The highest BCUT2D eigenvalue weighted by Crippen LogP contribution is 2.52. The van der Waals surface area contributed by atoms with E-state index in [0.717, 1.165) is 24.7 Å². The fourth-order valence-electron chi connectivity index (χ4n) is 2.41. The summed E-state index contributed by atoms with van der Waals surface area (Å²) in [4.78, 5) is 15.3. The third-order valence-electron chi connectivity index (χ3n) is 3.29. The first-order valence-electron chi connectivity index (χ1n) is 5.61. The zero-order valence-corrected chi connectivity index (χ0v) is 8.83. The minimum atomic E-state index is -0.634. The molecule has 4 heteroatoms. The van der Waals surface area contributed by atoms with Gasteiger partial charge in [0, 0.05) is 12.3 Å². The quantitative estimate of drug-likeness (QED) is 0.716. The fraction of sp³-hybridized carbons (Fsp3) is 0.500. The summed E-state index contributed by atoms with van der Waals surface area (Å²) in [5.74, 6) is 1.89. The lowest BCUT2D eigenvalue weighted by Gasteiger charge is -2.12. The molecule has 4 nitrogen and oxygen atoms in total. The molecule has 2 aliphatic carbocycles. The number of carbonyl (C=O) groups excluding carboxylic acids is 1. The molecule has 0 unspecified atom stereocenters. The SMILES string of the molecule is O=C(Oc1ccccn1)O[C@@H]1C[C@@H]2C[C@@H]2C1. The molecule has 2 aliphatic rings. The highest BCUT2D eigenvalue weighted by molar-refractivity contribution is 5.63. The van der Waals surface area contributed by atoms with Crippen LogP contribution in [0.5, 0.6) is 5.88 Å². The molecule has 2 fully saturated rings. The topological polar surface area (TPSA) is 48.4 Å². The van der Waals surface area contributed by atoms with E-state index in [2.05, 4.69) is 4.98 Å². The molecule has 84 valence electrons. The number of pyridine rings is 1. The van der Waals surface area contributed by atoms with Crippen LogP contribution in [-0.2, 0) is 4.74 Å². The molecular formula is C12H13NO3. The van der Waals surface area contributed by atoms with Crippen LogP contribution < -0.4 is 4.74 Å². The van der Waals surface area contributed by atoms with Crippen molar-refractivity contribution in [1.82, 2.24) is 4.98 Å². The Kier molecular flexibility index (Phi) is 2.27. The van der Waals surface area contributed by atoms with Crippen molar-refractivity contribution in [3.05, 3.63) is 24.4 Å². The van der Waals surface area contributed by atoms with Crippen molar-refractivity contribution in [2.24, 2.45) is 11.8 Å². The maximum atomic E-state index is 11.4. The zero-order valence-electron chi connectivity index (χ0n) is 8.83. The Labute approximate surface area is 93.6 Å². The minimum absolute atomic E-state index is 0.0555. The second-order valence-corrected chi connectivity index (χ2v) is 4.49. The first kappa shape index (κ1) is 9.63. The molecule has 0 aromatic carbocycles. The van der Waals surface area contributed by atoms with E-state index in [0.29, 0.717) is 0 Å². The van der Waals surface area contributed by atoms with Gasteiger partial charge in [0.25, 0.3) is 0 Å². The van der Waals surface area contributed by atoms with E-state index >= 15 is 0 Å². The third kappa shape index (κ3) is 2.01. The maximum absolute atomic E-state index is 11.4. The molecule has 3 rings (SSSR count). The number of nitrogens with zero attached hydrogens (tertiary/aromatic N) is 1. The van der Waals surface area contributed by atoms with Gasteiger partial charge in [-0.3, -0.25) is 0 Å². The molecule has 0 N–H and O–H groups in total. The standard InChI is InChI=1S/C12H13NO3/c14-12(16-11-3-1-2-4-13-11)15-10-6-8-5-9(8)7-10/h1-4,8-10H,5-7H2/t8-,9+,10+. The second-order valence-electron chi connectivity index (χ2n) is 4.49. The summed E-state index contributed by atoms with van der Waals surface area (Å²) in [7, 11) is 0. The van der Waals surface area contributed by atoms with Gasteiger partial charge in [-0.25, -0.2) is 9.78 Å². The summed E-state index contributed by atoms with van der Waals surface area (Å²) < 4.78 is 10.2. The molecule has 0 spiro atoms. The Morgan fingerprint density at radius 3 is 2.75 bits per heavy atom. The summed E-state index contributed by atoms with van der Waals surface area (Å²) >= 11 is 0. The Bertz CT molecular complexity index is 383. The number of rotatable bonds is 2. The molecule has 0 bridgehead atoms. The highest BCUT2D eigenvalue weighted by atomic mass is 16.7. The molecule has 3 atom stereocenters. The number of hydrogen-bond donors (Lipinski definition) is 0. The second kappa shape index (κ2) is 3.77. The van der Waals surface area contributed by atoms with Gasteiger partial charge in [-0.15, -0.1) is 0 Å². The van der Waals surface area contributed by atoms with E-state index in [1.807, 2.05) is 0 Å². The van der Waals surface area contributed by atoms with Crippen LogP contribution in [0.3, 0.4) is 0 Å². The van der Waals surface area contributed by atoms with Gasteiger partial charge in [-0.1, -0.05) is 6.07 Å². The van der Waals surface area contributed by atoms with Gasteiger partial charge in [0.15, 0.2) is 0 Å². The smallest absolute Gasteiger partial charge is 0.431 e. The van der Waals surface area contributed by atoms with E-state index < -0.39 is 6.16 Å². The largest absolute Gasteiger partial charge is 0.515 e. The van der Waals surface area contributed by atoms with Crippen LogP contribution in [0.2, 0.25) is 0 Å². The van der Waals surface area contributed by atoms with Crippen LogP contribution in [-0.4, -0.2) is 17.2 Å². The molecule has 1 aromatic heterocycles. The highest BCUT2D eigenvalue weighted by Gasteiger charge is 2.47. The van der Waals surface area contributed by atoms with Gasteiger partial charge in [-0.05, 0) is 37.2 Å². The minimum Gasteiger partial charge on any atom is -0.431 e. The molecule has 16 heavy (non-hydrogen) atoms. The van der Waals surface area contributed by atoms with E-state index in [-0.39, 0.29) is 12.0 Å². The first-order chi connectivity index (χ1) is 7.81. The van der Waals surface area contributed by atoms with E-state index in [1.165, 1.54) is 6.42 Å². The lowest BCUT2D eigenvalue weighted by atomic mass is 10.2. The van der Waals surface area contributed by atoms with Crippen molar-refractivity contribution in [2.75, 3.05) is 0 Å². The predicted octanol–water partition coefficient (Wildman–Crippen LogP) is 2.40. The molecule has 2 saturated carbocycles. The monoisotopic (exact) mass is 219 g/mol.